The van der Waals surface area contributed by atoms with E-state index in [2.05, 4.69) is 30.2 Å². The molecule has 0 aromatic carbocycles. The zero-order chi connectivity index (χ0) is 12.0. The van der Waals surface area contributed by atoms with E-state index in [0.717, 1.165) is 18.0 Å². The van der Waals surface area contributed by atoms with Crippen LogP contribution in [0.2, 0.25) is 0 Å². The molecule has 0 fully saturated rings. The van der Waals surface area contributed by atoms with Gasteiger partial charge in [-0.3, -0.25) is 4.90 Å². The van der Waals surface area contributed by atoms with Gasteiger partial charge in [0.15, 0.2) is 5.76 Å². The Bertz CT molecular complexity index is 351. The van der Waals surface area contributed by atoms with Crippen LogP contribution in [0.5, 0.6) is 0 Å². The Morgan fingerprint density at radius 2 is 2.38 bits per heavy atom. The van der Waals surface area contributed by atoms with E-state index in [1.54, 1.807) is 0 Å². The van der Waals surface area contributed by atoms with Gasteiger partial charge in [-0.05, 0) is 7.05 Å². The Morgan fingerprint density at radius 1 is 1.62 bits per heavy atom. The molecule has 0 atom stereocenters. The summed E-state index contributed by atoms with van der Waals surface area (Å²) >= 11 is 0. The average Bonchev–Trinajstić information content (AvgIpc) is 2.63. The van der Waals surface area contributed by atoms with Gasteiger partial charge in [0.25, 0.3) is 0 Å². The van der Waals surface area contributed by atoms with Gasteiger partial charge >= 0.3 is 0 Å². The normalized spacial score (nSPS) is 11.0. The molecule has 88 valence electrons. The number of hydrogen-bond acceptors (Lipinski definition) is 4. The van der Waals surface area contributed by atoms with Crippen LogP contribution in [-0.4, -0.2) is 29.7 Å². The molecule has 4 nitrogen and oxygen atoms in total. The Kier molecular flexibility index (Phi) is 5.03. The zero-order valence-corrected chi connectivity index (χ0v) is 10.2. The highest BCUT2D eigenvalue weighted by Gasteiger charge is 2.06. The minimum Gasteiger partial charge on any atom is -0.360 e. The summed E-state index contributed by atoms with van der Waals surface area (Å²) in [5.74, 6) is 3.43. The monoisotopic (exact) mass is 221 g/mol. The van der Waals surface area contributed by atoms with Crippen molar-refractivity contribution < 1.29 is 4.52 Å². The molecule has 0 bridgehead atoms. The number of aromatic nitrogens is 1. The molecule has 1 rings (SSSR count). The molecule has 0 aliphatic heterocycles. The lowest BCUT2D eigenvalue weighted by Crippen LogP contribution is -2.21. The lowest BCUT2D eigenvalue weighted by atomic mass is 10.3. The van der Waals surface area contributed by atoms with Crippen molar-refractivity contribution >= 4 is 0 Å². The minimum absolute atomic E-state index is 0.448. The largest absolute Gasteiger partial charge is 0.360 e. The van der Waals surface area contributed by atoms with Crippen LogP contribution in [0.4, 0.5) is 0 Å². The summed E-state index contributed by atoms with van der Waals surface area (Å²) in [6, 6.07) is 2.41. The Morgan fingerprint density at radius 3 is 3.00 bits per heavy atom. The summed E-state index contributed by atoms with van der Waals surface area (Å²) in [7, 11) is 1.95. The number of hydrogen-bond donors (Lipinski definition) is 1. The maximum Gasteiger partial charge on any atom is 0.151 e. The van der Waals surface area contributed by atoms with E-state index in [-0.39, 0.29) is 0 Å². The standard InChI is InChI=1S/C12H19N3O/c1-5-6-15(4)9-12-7-11(14-16-12)8-13-10(2)3/h1,7,10,13H,6,8-9H2,2-4H3. The zero-order valence-electron chi connectivity index (χ0n) is 10.2. The van der Waals surface area contributed by atoms with Crippen LogP contribution in [0.3, 0.4) is 0 Å². The van der Waals surface area contributed by atoms with Crippen molar-refractivity contribution in [2.75, 3.05) is 13.6 Å². The highest BCUT2D eigenvalue weighted by Crippen LogP contribution is 2.06. The number of rotatable bonds is 6. The first-order valence-electron chi connectivity index (χ1n) is 5.41. The Labute approximate surface area is 97.0 Å². The second-order valence-electron chi connectivity index (χ2n) is 4.20. The molecule has 0 saturated carbocycles. The van der Waals surface area contributed by atoms with Crippen LogP contribution < -0.4 is 5.32 Å². The van der Waals surface area contributed by atoms with Gasteiger partial charge in [0, 0.05) is 18.7 Å². The minimum atomic E-state index is 0.448. The van der Waals surface area contributed by atoms with Crippen molar-refractivity contribution in [2.45, 2.75) is 33.0 Å². The van der Waals surface area contributed by atoms with Gasteiger partial charge in [0.1, 0.15) is 0 Å². The van der Waals surface area contributed by atoms with Crippen LogP contribution in [0.25, 0.3) is 0 Å². The van der Waals surface area contributed by atoms with E-state index in [0.29, 0.717) is 19.1 Å². The first kappa shape index (κ1) is 12.8. The van der Waals surface area contributed by atoms with Gasteiger partial charge in [-0.2, -0.15) is 0 Å². The Balaban J connectivity index is 2.42. The van der Waals surface area contributed by atoms with E-state index >= 15 is 0 Å². The number of nitrogens with one attached hydrogen (secondary N) is 1. The first-order valence-corrected chi connectivity index (χ1v) is 5.41. The molecule has 1 aromatic rings. The van der Waals surface area contributed by atoms with Crippen molar-refractivity contribution in [3.8, 4) is 12.3 Å². The van der Waals surface area contributed by atoms with E-state index in [9.17, 15) is 0 Å². The van der Waals surface area contributed by atoms with Crippen molar-refractivity contribution in [2.24, 2.45) is 0 Å². The molecule has 1 aromatic heterocycles. The van der Waals surface area contributed by atoms with Gasteiger partial charge in [0.2, 0.25) is 0 Å². The summed E-state index contributed by atoms with van der Waals surface area (Å²) in [5.41, 5.74) is 0.929. The topological polar surface area (TPSA) is 41.3 Å². The number of terminal acetylenes is 1. The quantitative estimate of drug-likeness (QED) is 0.734. The summed E-state index contributed by atoms with van der Waals surface area (Å²) in [5, 5.41) is 7.27. The molecule has 0 aliphatic carbocycles. The average molecular weight is 221 g/mol. The molecule has 1 N–H and O–H groups in total. The van der Waals surface area contributed by atoms with Crippen LogP contribution in [-0.2, 0) is 13.1 Å². The SMILES string of the molecule is C#CCN(C)Cc1cc(CNC(C)C)no1. The smallest absolute Gasteiger partial charge is 0.151 e. The van der Waals surface area contributed by atoms with E-state index in [1.165, 1.54) is 0 Å². The van der Waals surface area contributed by atoms with Gasteiger partial charge in [-0.15, -0.1) is 6.42 Å². The molecule has 0 amide bonds. The van der Waals surface area contributed by atoms with E-state index in [1.807, 2.05) is 18.0 Å². The molecule has 0 saturated heterocycles. The van der Waals surface area contributed by atoms with Crippen molar-refractivity contribution in [3.05, 3.63) is 17.5 Å². The maximum atomic E-state index is 5.22. The summed E-state index contributed by atoms with van der Waals surface area (Å²) in [6.45, 7) is 6.24. The van der Waals surface area contributed by atoms with Crippen molar-refractivity contribution in [1.82, 2.24) is 15.4 Å². The molecular weight excluding hydrogens is 202 g/mol. The fraction of sp³-hybridized carbons (Fsp3) is 0.583. The third kappa shape index (κ3) is 4.47. The molecule has 16 heavy (non-hydrogen) atoms. The van der Waals surface area contributed by atoms with Gasteiger partial charge < -0.3 is 9.84 Å². The fourth-order valence-corrected chi connectivity index (χ4v) is 1.30. The molecule has 0 aliphatic rings. The molecule has 4 heteroatoms. The first-order chi connectivity index (χ1) is 7.61. The highest BCUT2D eigenvalue weighted by atomic mass is 16.5. The van der Waals surface area contributed by atoms with E-state index in [4.69, 9.17) is 10.9 Å². The predicted octanol–water partition coefficient (Wildman–Crippen LogP) is 1.24. The molecule has 1 heterocycles. The van der Waals surface area contributed by atoms with Crippen molar-refractivity contribution in [3.63, 3.8) is 0 Å². The summed E-state index contributed by atoms with van der Waals surface area (Å²) in [6.07, 6.45) is 5.22. The lowest BCUT2D eigenvalue weighted by Gasteiger charge is -2.09. The second kappa shape index (κ2) is 6.31. The summed E-state index contributed by atoms with van der Waals surface area (Å²) in [4.78, 5) is 2.00. The molecule has 0 unspecified atom stereocenters. The van der Waals surface area contributed by atoms with Crippen LogP contribution in [0, 0.1) is 12.3 Å². The Hall–Kier alpha value is -1.31. The lowest BCUT2D eigenvalue weighted by molar-refractivity contribution is 0.292. The molecule has 0 radical (unpaired) electrons. The highest BCUT2D eigenvalue weighted by molar-refractivity contribution is 5.05. The molecule has 0 spiro atoms. The van der Waals surface area contributed by atoms with Gasteiger partial charge in [-0.25, -0.2) is 0 Å². The third-order valence-corrected chi connectivity index (χ3v) is 2.09. The van der Waals surface area contributed by atoms with Crippen LogP contribution in [0.15, 0.2) is 10.6 Å². The van der Waals surface area contributed by atoms with Crippen LogP contribution >= 0.6 is 0 Å². The second-order valence-corrected chi connectivity index (χ2v) is 4.20. The number of nitrogens with zero attached hydrogens (tertiary/aromatic N) is 2. The van der Waals surface area contributed by atoms with Gasteiger partial charge in [0.05, 0.1) is 18.8 Å². The third-order valence-electron chi connectivity index (χ3n) is 2.09. The predicted molar refractivity (Wildman–Crippen MR) is 63.6 cm³/mol. The van der Waals surface area contributed by atoms with Crippen LogP contribution in [0.1, 0.15) is 25.3 Å². The summed E-state index contributed by atoms with van der Waals surface area (Å²) < 4.78 is 5.21. The van der Waals surface area contributed by atoms with Crippen molar-refractivity contribution in [1.29, 1.82) is 0 Å². The fourth-order valence-electron chi connectivity index (χ4n) is 1.30. The van der Waals surface area contributed by atoms with E-state index < -0.39 is 0 Å². The maximum absolute atomic E-state index is 5.22. The molecular formula is C12H19N3O. The van der Waals surface area contributed by atoms with Gasteiger partial charge in [-0.1, -0.05) is 24.9 Å².